The van der Waals surface area contributed by atoms with Crippen molar-refractivity contribution >= 4 is 5.91 Å². The van der Waals surface area contributed by atoms with Crippen LogP contribution in [0.2, 0.25) is 0 Å². The van der Waals surface area contributed by atoms with E-state index in [4.69, 9.17) is 4.74 Å². The molecule has 1 rings (SSSR count). The van der Waals surface area contributed by atoms with Gasteiger partial charge in [0.15, 0.2) is 0 Å². The summed E-state index contributed by atoms with van der Waals surface area (Å²) in [5.41, 5.74) is -0.125. The molecule has 0 aromatic rings. The molecular weight excluding hydrogens is 204 g/mol. The predicted octanol–water partition coefficient (Wildman–Crippen LogP) is 1.01. The highest BCUT2D eigenvalue weighted by molar-refractivity contribution is 5.77. The third-order valence-corrected chi connectivity index (χ3v) is 2.88. The van der Waals surface area contributed by atoms with E-state index in [9.17, 15) is 4.79 Å². The number of nitrogens with zero attached hydrogens (tertiary/aromatic N) is 1. The lowest BCUT2D eigenvalue weighted by Crippen LogP contribution is -2.59. The lowest BCUT2D eigenvalue weighted by Gasteiger charge is -2.39. The van der Waals surface area contributed by atoms with Crippen molar-refractivity contribution in [2.45, 2.75) is 39.2 Å². The molecule has 1 aliphatic heterocycles. The molecule has 1 fully saturated rings. The SMILES string of the molecule is CCCN(CCC)C(=O)COC1(C)CNC1. The molecule has 4 heteroatoms. The lowest BCUT2D eigenvalue weighted by atomic mass is 10.0. The fourth-order valence-electron chi connectivity index (χ4n) is 1.81. The largest absolute Gasteiger partial charge is 0.363 e. The zero-order valence-corrected chi connectivity index (χ0v) is 10.7. The van der Waals surface area contributed by atoms with Crippen molar-refractivity contribution in [1.82, 2.24) is 10.2 Å². The van der Waals surface area contributed by atoms with E-state index in [0.29, 0.717) is 0 Å². The van der Waals surface area contributed by atoms with Gasteiger partial charge in [0.25, 0.3) is 0 Å². The van der Waals surface area contributed by atoms with E-state index >= 15 is 0 Å². The van der Waals surface area contributed by atoms with Gasteiger partial charge in [-0.2, -0.15) is 0 Å². The normalized spacial score (nSPS) is 17.9. The van der Waals surface area contributed by atoms with E-state index in [0.717, 1.165) is 39.0 Å². The number of ether oxygens (including phenoxy) is 1. The fourth-order valence-corrected chi connectivity index (χ4v) is 1.81. The second-order valence-corrected chi connectivity index (χ2v) is 4.72. The molecule has 0 radical (unpaired) electrons. The first-order valence-corrected chi connectivity index (χ1v) is 6.23. The summed E-state index contributed by atoms with van der Waals surface area (Å²) >= 11 is 0. The summed E-state index contributed by atoms with van der Waals surface area (Å²) < 4.78 is 5.65. The maximum absolute atomic E-state index is 11.9. The summed E-state index contributed by atoms with van der Waals surface area (Å²) in [5.74, 6) is 0.122. The van der Waals surface area contributed by atoms with Gasteiger partial charge in [-0.25, -0.2) is 0 Å². The smallest absolute Gasteiger partial charge is 0.248 e. The summed E-state index contributed by atoms with van der Waals surface area (Å²) in [5, 5.41) is 3.16. The predicted molar refractivity (Wildman–Crippen MR) is 64.4 cm³/mol. The molecule has 0 aromatic carbocycles. The molecule has 94 valence electrons. The maximum Gasteiger partial charge on any atom is 0.248 e. The fraction of sp³-hybridized carbons (Fsp3) is 0.917. The van der Waals surface area contributed by atoms with Crippen molar-refractivity contribution in [2.75, 3.05) is 32.8 Å². The minimum Gasteiger partial charge on any atom is -0.363 e. The number of hydrogen-bond acceptors (Lipinski definition) is 3. The molecule has 1 heterocycles. The Morgan fingerprint density at radius 3 is 2.25 bits per heavy atom. The van der Waals surface area contributed by atoms with E-state index in [2.05, 4.69) is 19.2 Å². The van der Waals surface area contributed by atoms with Gasteiger partial charge in [0.05, 0.1) is 5.60 Å². The highest BCUT2D eigenvalue weighted by atomic mass is 16.5. The molecule has 4 nitrogen and oxygen atoms in total. The van der Waals surface area contributed by atoms with Crippen LogP contribution in [0, 0.1) is 0 Å². The molecule has 16 heavy (non-hydrogen) atoms. The second kappa shape index (κ2) is 6.21. The molecule has 0 spiro atoms. The standard InChI is InChI=1S/C12H24N2O2/c1-4-6-14(7-5-2)11(15)8-16-12(3)9-13-10-12/h13H,4-10H2,1-3H3. The van der Waals surface area contributed by atoms with Crippen LogP contribution in [0.1, 0.15) is 33.6 Å². The highest BCUT2D eigenvalue weighted by Crippen LogP contribution is 2.15. The molecule has 0 saturated carbocycles. The first-order chi connectivity index (χ1) is 7.61. The molecule has 1 amide bonds. The highest BCUT2D eigenvalue weighted by Gasteiger charge is 2.33. The van der Waals surface area contributed by atoms with Gasteiger partial charge in [-0.3, -0.25) is 4.79 Å². The number of carbonyl (C=O) groups is 1. The second-order valence-electron chi connectivity index (χ2n) is 4.72. The molecule has 0 aliphatic carbocycles. The van der Waals surface area contributed by atoms with Crippen LogP contribution in [0.3, 0.4) is 0 Å². The van der Waals surface area contributed by atoms with Crippen LogP contribution >= 0.6 is 0 Å². The van der Waals surface area contributed by atoms with Gasteiger partial charge in [0.1, 0.15) is 6.61 Å². The van der Waals surface area contributed by atoms with Gasteiger partial charge < -0.3 is 15.0 Å². The average Bonchev–Trinajstić information content (AvgIpc) is 2.23. The van der Waals surface area contributed by atoms with Gasteiger partial charge in [0.2, 0.25) is 5.91 Å². The molecule has 0 bridgehead atoms. The Balaban J connectivity index is 2.30. The number of amides is 1. The summed E-state index contributed by atoms with van der Waals surface area (Å²) in [6.07, 6.45) is 2.01. The molecule has 0 atom stereocenters. The molecule has 0 aromatic heterocycles. The van der Waals surface area contributed by atoms with E-state index in [-0.39, 0.29) is 18.1 Å². The minimum atomic E-state index is -0.125. The molecule has 0 unspecified atom stereocenters. The summed E-state index contributed by atoms with van der Waals surface area (Å²) in [7, 11) is 0. The number of nitrogens with one attached hydrogen (secondary N) is 1. The van der Waals surface area contributed by atoms with Gasteiger partial charge in [-0.15, -0.1) is 0 Å². The van der Waals surface area contributed by atoms with Gasteiger partial charge in [-0.1, -0.05) is 13.8 Å². The number of carbonyl (C=O) groups excluding carboxylic acids is 1. The Kier molecular flexibility index (Phi) is 5.22. The van der Waals surface area contributed by atoms with Crippen molar-refractivity contribution in [2.24, 2.45) is 0 Å². The first kappa shape index (κ1) is 13.5. The van der Waals surface area contributed by atoms with E-state index in [1.54, 1.807) is 0 Å². The Morgan fingerprint density at radius 1 is 1.31 bits per heavy atom. The Labute approximate surface area is 98.3 Å². The molecule has 1 N–H and O–H groups in total. The topological polar surface area (TPSA) is 41.6 Å². The summed E-state index contributed by atoms with van der Waals surface area (Å²) in [6.45, 7) is 9.82. The maximum atomic E-state index is 11.9. The van der Waals surface area contributed by atoms with Crippen molar-refractivity contribution in [3.05, 3.63) is 0 Å². The van der Waals surface area contributed by atoms with E-state index < -0.39 is 0 Å². The van der Waals surface area contributed by atoms with E-state index in [1.165, 1.54) is 0 Å². The van der Waals surface area contributed by atoms with Crippen LogP contribution in [-0.2, 0) is 9.53 Å². The van der Waals surface area contributed by atoms with Crippen molar-refractivity contribution < 1.29 is 9.53 Å². The number of rotatable bonds is 7. The zero-order valence-electron chi connectivity index (χ0n) is 10.7. The van der Waals surface area contributed by atoms with Crippen LogP contribution in [0.5, 0.6) is 0 Å². The van der Waals surface area contributed by atoms with Crippen LogP contribution in [0.4, 0.5) is 0 Å². The van der Waals surface area contributed by atoms with Gasteiger partial charge in [-0.05, 0) is 19.8 Å². The Morgan fingerprint density at radius 2 is 1.88 bits per heavy atom. The van der Waals surface area contributed by atoms with Crippen LogP contribution < -0.4 is 5.32 Å². The molecular formula is C12H24N2O2. The minimum absolute atomic E-state index is 0.122. The third kappa shape index (κ3) is 3.76. The first-order valence-electron chi connectivity index (χ1n) is 6.23. The monoisotopic (exact) mass is 228 g/mol. The quantitative estimate of drug-likeness (QED) is 0.707. The van der Waals surface area contributed by atoms with Gasteiger partial charge in [0, 0.05) is 26.2 Å². The van der Waals surface area contributed by atoms with Crippen LogP contribution in [0.15, 0.2) is 0 Å². The zero-order chi connectivity index (χ0) is 12.0. The third-order valence-electron chi connectivity index (χ3n) is 2.88. The van der Waals surface area contributed by atoms with E-state index in [1.807, 2.05) is 11.8 Å². The molecule has 1 aliphatic rings. The summed E-state index contributed by atoms with van der Waals surface area (Å²) in [6, 6.07) is 0. The van der Waals surface area contributed by atoms with Gasteiger partial charge >= 0.3 is 0 Å². The lowest BCUT2D eigenvalue weighted by molar-refractivity contribution is -0.146. The van der Waals surface area contributed by atoms with Crippen molar-refractivity contribution in [3.63, 3.8) is 0 Å². The van der Waals surface area contributed by atoms with Crippen LogP contribution in [-0.4, -0.2) is 49.2 Å². The van der Waals surface area contributed by atoms with Crippen molar-refractivity contribution in [1.29, 1.82) is 0 Å². The Bertz CT molecular complexity index is 221. The van der Waals surface area contributed by atoms with Crippen LogP contribution in [0.25, 0.3) is 0 Å². The number of hydrogen-bond donors (Lipinski definition) is 1. The average molecular weight is 228 g/mol. The Hall–Kier alpha value is -0.610. The summed E-state index contributed by atoms with van der Waals surface area (Å²) in [4.78, 5) is 13.8. The molecule has 1 saturated heterocycles. The van der Waals surface area contributed by atoms with Crippen molar-refractivity contribution in [3.8, 4) is 0 Å².